The second kappa shape index (κ2) is 9.92. The van der Waals surface area contributed by atoms with E-state index >= 15 is 0 Å². The van der Waals surface area contributed by atoms with Gasteiger partial charge in [0.2, 0.25) is 0 Å². The predicted molar refractivity (Wildman–Crippen MR) is 117 cm³/mol. The lowest BCUT2D eigenvalue weighted by Crippen LogP contribution is -2.40. The number of para-hydroxylation sites is 1. The Bertz CT molecular complexity index is 794. The highest BCUT2D eigenvalue weighted by Gasteiger charge is 2.27. The fourth-order valence-electron chi connectivity index (χ4n) is 4.74. The minimum absolute atomic E-state index is 0. The van der Waals surface area contributed by atoms with Crippen LogP contribution in [-0.2, 0) is 13.6 Å². The van der Waals surface area contributed by atoms with Crippen LogP contribution >= 0.6 is 24.8 Å². The first-order valence-corrected chi connectivity index (χ1v) is 9.73. The summed E-state index contributed by atoms with van der Waals surface area (Å²) >= 11 is 0. The summed E-state index contributed by atoms with van der Waals surface area (Å²) in [5.74, 6) is 1.80. The number of piperidine rings is 2. The molecule has 0 amide bonds. The van der Waals surface area contributed by atoms with E-state index in [4.69, 9.17) is 0 Å². The van der Waals surface area contributed by atoms with Gasteiger partial charge in [0.1, 0.15) is 0 Å². The molecule has 0 bridgehead atoms. The largest absolute Gasteiger partial charge is 0.317 e. The molecule has 2 aliphatic heterocycles. The molecule has 4 rings (SSSR count). The molecule has 2 saturated heterocycles. The van der Waals surface area contributed by atoms with Gasteiger partial charge in [0.05, 0.1) is 5.52 Å². The smallest absolute Gasteiger partial charge is 0.255 e. The molecule has 1 aromatic heterocycles. The summed E-state index contributed by atoms with van der Waals surface area (Å²) in [7, 11) is 1.89. The summed E-state index contributed by atoms with van der Waals surface area (Å²) in [5, 5.41) is 4.63. The van der Waals surface area contributed by atoms with Crippen LogP contribution in [0.15, 0.2) is 35.1 Å². The standard InChI is InChI=1S/C21H29N3O.2ClH/c1-23-20-5-3-2-4-18(20)14-19(21(23)25)15-24-12-8-17(9-13-24)16-6-10-22-11-7-16;;/h2-5,14,16-17,22H,6-13,15H2,1H3;2*1H. The van der Waals surface area contributed by atoms with Crippen LogP contribution in [0, 0.1) is 11.8 Å². The van der Waals surface area contributed by atoms with Crippen LogP contribution in [-0.4, -0.2) is 35.6 Å². The Morgan fingerprint density at radius 1 is 1.00 bits per heavy atom. The Hall–Kier alpha value is -1.07. The van der Waals surface area contributed by atoms with Crippen molar-refractivity contribution in [2.24, 2.45) is 18.9 Å². The van der Waals surface area contributed by atoms with Crippen LogP contribution in [0.25, 0.3) is 10.9 Å². The van der Waals surface area contributed by atoms with E-state index in [1.54, 1.807) is 4.57 Å². The Labute approximate surface area is 174 Å². The highest BCUT2D eigenvalue weighted by molar-refractivity contribution is 5.85. The number of nitrogens with one attached hydrogen (secondary N) is 1. The van der Waals surface area contributed by atoms with Crippen LogP contribution in [0.1, 0.15) is 31.2 Å². The molecule has 0 atom stereocenters. The summed E-state index contributed by atoms with van der Waals surface area (Å²) < 4.78 is 1.80. The summed E-state index contributed by atoms with van der Waals surface area (Å²) in [4.78, 5) is 15.2. The van der Waals surface area contributed by atoms with Crippen molar-refractivity contribution in [1.29, 1.82) is 0 Å². The second-order valence-electron chi connectivity index (χ2n) is 7.79. The normalized spacial score (nSPS) is 19.4. The summed E-state index contributed by atoms with van der Waals surface area (Å²) in [6.07, 6.45) is 5.27. The molecule has 150 valence electrons. The van der Waals surface area contributed by atoms with Gasteiger partial charge >= 0.3 is 0 Å². The summed E-state index contributed by atoms with van der Waals surface area (Å²) in [6, 6.07) is 10.2. The molecule has 3 heterocycles. The average Bonchev–Trinajstić information content (AvgIpc) is 2.67. The third kappa shape index (κ3) is 4.86. The SMILES string of the molecule is Cl.Cl.Cn1c(=O)c(CN2CCC(C3CCNCC3)CC2)cc2ccccc21. The van der Waals surface area contributed by atoms with Gasteiger partial charge in [-0.25, -0.2) is 0 Å². The molecule has 2 aromatic rings. The first-order chi connectivity index (χ1) is 12.2. The van der Waals surface area contributed by atoms with Crippen molar-refractivity contribution in [1.82, 2.24) is 14.8 Å². The van der Waals surface area contributed by atoms with E-state index in [1.807, 2.05) is 25.2 Å². The zero-order valence-electron chi connectivity index (χ0n) is 16.0. The van der Waals surface area contributed by atoms with E-state index in [1.165, 1.54) is 38.8 Å². The number of aryl methyl sites for hydroxylation is 1. The minimum atomic E-state index is 0. The van der Waals surface area contributed by atoms with E-state index in [9.17, 15) is 4.79 Å². The number of likely N-dealkylation sites (tertiary alicyclic amines) is 1. The molecule has 27 heavy (non-hydrogen) atoms. The molecule has 1 N–H and O–H groups in total. The Morgan fingerprint density at radius 2 is 1.63 bits per heavy atom. The second-order valence-corrected chi connectivity index (χ2v) is 7.79. The van der Waals surface area contributed by atoms with E-state index in [0.717, 1.165) is 47.9 Å². The molecule has 1 aromatic carbocycles. The van der Waals surface area contributed by atoms with Crippen LogP contribution in [0.5, 0.6) is 0 Å². The van der Waals surface area contributed by atoms with Gasteiger partial charge in [-0.2, -0.15) is 0 Å². The molecule has 2 fully saturated rings. The lowest BCUT2D eigenvalue weighted by atomic mass is 9.79. The van der Waals surface area contributed by atoms with Gasteiger partial charge in [-0.15, -0.1) is 24.8 Å². The number of pyridine rings is 1. The molecule has 4 nitrogen and oxygen atoms in total. The van der Waals surface area contributed by atoms with Gasteiger partial charge in [-0.3, -0.25) is 9.69 Å². The number of halogens is 2. The maximum atomic E-state index is 12.7. The van der Waals surface area contributed by atoms with Crippen LogP contribution in [0.2, 0.25) is 0 Å². The Morgan fingerprint density at radius 3 is 2.33 bits per heavy atom. The molecule has 0 unspecified atom stereocenters. The maximum absolute atomic E-state index is 12.7. The van der Waals surface area contributed by atoms with Gasteiger partial charge in [0, 0.05) is 19.2 Å². The summed E-state index contributed by atoms with van der Waals surface area (Å²) in [5.41, 5.74) is 2.10. The van der Waals surface area contributed by atoms with Crippen LogP contribution in [0.4, 0.5) is 0 Å². The number of rotatable bonds is 3. The minimum Gasteiger partial charge on any atom is -0.317 e. The zero-order valence-corrected chi connectivity index (χ0v) is 17.7. The van der Waals surface area contributed by atoms with E-state index in [2.05, 4.69) is 22.3 Å². The molecular weight excluding hydrogens is 381 g/mol. The third-order valence-corrected chi connectivity index (χ3v) is 6.28. The van der Waals surface area contributed by atoms with Crippen molar-refractivity contribution >= 4 is 35.7 Å². The Balaban J connectivity index is 0.00000131. The third-order valence-electron chi connectivity index (χ3n) is 6.28. The monoisotopic (exact) mass is 411 g/mol. The van der Waals surface area contributed by atoms with Crippen molar-refractivity contribution in [3.05, 3.63) is 46.2 Å². The molecule has 2 aliphatic rings. The molecule has 0 saturated carbocycles. The molecule has 0 aliphatic carbocycles. The maximum Gasteiger partial charge on any atom is 0.255 e. The van der Waals surface area contributed by atoms with Crippen LogP contribution < -0.4 is 10.9 Å². The number of hydrogen-bond acceptors (Lipinski definition) is 3. The Kier molecular flexibility index (Phi) is 8.17. The van der Waals surface area contributed by atoms with Crippen molar-refractivity contribution in [2.75, 3.05) is 26.2 Å². The molecule has 0 radical (unpaired) electrons. The van der Waals surface area contributed by atoms with Crippen LogP contribution in [0.3, 0.4) is 0 Å². The zero-order chi connectivity index (χ0) is 17.2. The van der Waals surface area contributed by atoms with Gasteiger partial charge < -0.3 is 9.88 Å². The van der Waals surface area contributed by atoms with Gasteiger partial charge in [-0.05, 0) is 81.2 Å². The molecule has 6 heteroatoms. The first kappa shape index (κ1) is 22.2. The number of hydrogen-bond donors (Lipinski definition) is 1. The van der Waals surface area contributed by atoms with Crippen molar-refractivity contribution in [3.8, 4) is 0 Å². The van der Waals surface area contributed by atoms with Crippen molar-refractivity contribution in [3.63, 3.8) is 0 Å². The molecular formula is C21H31Cl2N3O. The number of aromatic nitrogens is 1. The van der Waals surface area contributed by atoms with Gasteiger partial charge in [0.15, 0.2) is 0 Å². The van der Waals surface area contributed by atoms with Crippen molar-refractivity contribution in [2.45, 2.75) is 32.2 Å². The summed E-state index contributed by atoms with van der Waals surface area (Å²) in [6.45, 7) is 5.43. The lowest BCUT2D eigenvalue weighted by molar-refractivity contribution is 0.125. The number of benzene rings is 1. The number of nitrogens with zero attached hydrogens (tertiary/aromatic N) is 2. The fraction of sp³-hybridized carbons (Fsp3) is 0.571. The first-order valence-electron chi connectivity index (χ1n) is 9.73. The quantitative estimate of drug-likeness (QED) is 0.837. The highest BCUT2D eigenvalue weighted by Crippen LogP contribution is 2.31. The van der Waals surface area contributed by atoms with E-state index < -0.39 is 0 Å². The molecule has 0 spiro atoms. The van der Waals surface area contributed by atoms with Gasteiger partial charge in [0.25, 0.3) is 5.56 Å². The van der Waals surface area contributed by atoms with Gasteiger partial charge in [-0.1, -0.05) is 18.2 Å². The topological polar surface area (TPSA) is 37.3 Å². The number of fused-ring (bicyclic) bond motifs is 1. The van der Waals surface area contributed by atoms with E-state index in [-0.39, 0.29) is 30.4 Å². The lowest BCUT2D eigenvalue weighted by Gasteiger charge is -2.37. The predicted octanol–water partition coefficient (Wildman–Crippen LogP) is 3.59. The average molecular weight is 412 g/mol. The van der Waals surface area contributed by atoms with E-state index in [0.29, 0.717) is 0 Å². The fourth-order valence-corrected chi connectivity index (χ4v) is 4.74. The van der Waals surface area contributed by atoms with Crippen molar-refractivity contribution < 1.29 is 0 Å². The highest BCUT2D eigenvalue weighted by atomic mass is 35.5.